The Morgan fingerprint density at radius 1 is 1.20 bits per heavy atom. The number of aryl methyl sites for hydroxylation is 3. The number of ether oxygens (including phenoxy) is 1. The number of aromatic nitrogens is 1. The molecule has 0 aliphatic carbocycles. The number of benzene rings is 2. The Balaban J connectivity index is 1.52. The first-order chi connectivity index (χ1) is 16.9. The molecule has 188 valence electrons. The summed E-state index contributed by atoms with van der Waals surface area (Å²) in [6.45, 7) is 4.76. The summed E-state index contributed by atoms with van der Waals surface area (Å²) in [5.74, 6) is 0.116. The zero-order valence-corrected chi connectivity index (χ0v) is 22.8. The van der Waals surface area contributed by atoms with Gasteiger partial charge in [-0.2, -0.15) is 0 Å². The van der Waals surface area contributed by atoms with Gasteiger partial charge in [-0.1, -0.05) is 39.7 Å². The lowest BCUT2D eigenvalue weighted by atomic mass is 9.91. The van der Waals surface area contributed by atoms with Crippen LogP contribution in [0.3, 0.4) is 0 Å². The van der Waals surface area contributed by atoms with E-state index >= 15 is 0 Å². The van der Waals surface area contributed by atoms with Gasteiger partial charge in [0.05, 0.1) is 10.5 Å². The summed E-state index contributed by atoms with van der Waals surface area (Å²) in [7, 11) is 1.69. The SMILES string of the molecule is COCCCn1c(C2CCCN(C(=O)CCCc3ccc(Br)cc3)C2)c(C)c2c(F)ccc(Cl)c21. The molecule has 1 fully saturated rings. The predicted octanol–water partition coefficient (Wildman–Crippen LogP) is 7.27. The zero-order valence-electron chi connectivity index (χ0n) is 20.5. The van der Waals surface area contributed by atoms with Crippen LogP contribution in [-0.2, 0) is 22.5 Å². The van der Waals surface area contributed by atoms with Gasteiger partial charge in [-0.3, -0.25) is 4.79 Å². The molecular weight excluding hydrogens is 531 g/mol. The van der Waals surface area contributed by atoms with E-state index in [2.05, 4.69) is 32.6 Å². The number of methoxy groups -OCH3 is 1. The second-order valence-corrected chi connectivity index (χ2v) is 10.7. The molecule has 1 aromatic heterocycles. The monoisotopic (exact) mass is 562 g/mol. The van der Waals surface area contributed by atoms with E-state index in [1.807, 2.05) is 24.0 Å². The maximum Gasteiger partial charge on any atom is 0.222 e. The summed E-state index contributed by atoms with van der Waals surface area (Å²) in [6.07, 6.45) is 4.99. The molecule has 4 rings (SSSR count). The first kappa shape index (κ1) is 26.2. The fraction of sp³-hybridized carbons (Fsp3) is 0.464. The standard InChI is InChI=1S/C28H33BrClFN2O2/c1-19-26-24(31)14-13-23(30)28(26)33(16-5-17-35-2)27(19)21-7-4-15-32(18-21)25(34)8-3-6-20-9-11-22(29)12-10-20/h9-14,21H,3-8,15-18H2,1-2H3. The number of hydrogen-bond donors (Lipinski definition) is 0. The highest BCUT2D eigenvalue weighted by molar-refractivity contribution is 9.10. The van der Waals surface area contributed by atoms with Crippen molar-refractivity contribution in [1.29, 1.82) is 0 Å². The fourth-order valence-corrected chi connectivity index (χ4v) is 5.94. The van der Waals surface area contributed by atoms with Gasteiger partial charge in [-0.25, -0.2) is 4.39 Å². The van der Waals surface area contributed by atoms with Crippen molar-refractivity contribution in [3.8, 4) is 0 Å². The molecule has 1 aliphatic rings. The van der Waals surface area contributed by atoms with E-state index in [0.29, 0.717) is 36.5 Å². The van der Waals surface area contributed by atoms with Gasteiger partial charge in [0.15, 0.2) is 0 Å². The molecule has 1 unspecified atom stereocenters. The van der Waals surface area contributed by atoms with E-state index in [4.69, 9.17) is 16.3 Å². The van der Waals surface area contributed by atoms with Crippen molar-refractivity contribution < 1.29 is 13.9 Å². The van der Waals surface area contributed by atoms with Crippen LogP contribution in [0.2, 0.25) is 5.02 Å². The molecule has 1 atom stereocenters. The van der Waals surface area contributed by atoms with Crippen molar-refractivity contribution in [3.05, 3.63) is 68.5 Å². The molecule has 35 heavy (non-hydrogen) atoms. The molecule has 2 heterocycles. The van der Waals surface area contributed by atoms with Crippen LogP contribution < -0.4 is 0 Å². The van der Waals surface area contributed by atoms with E-state index < -0.39 is 0 Å². The van der Waals surface area contributed by atoms with Crippen LogP contribution in [0.25, 0.3) is 10.9 Å². The highest BCUT2D eigenvalue weighted by Crippen LogP contribution is 2.39. The van der Waals surface area contributed by atoms with Gasteiger partial charge in [0.2, 0.25) is 5.91 Å². The third kappa shape index (κ3) is 5.92. The maximum absolute atomic E-state index is 14.9. The summed E-state index contributed by atoms with van der Waals surface area (Å²) in [4.78, 5) is 15.1. The van der Waals surface area contributed by atoms with Gasteiger partial charge in [0, 0.05) is 61.2 Å². The van der Waals surface area contributed by atoms with Crippen LogP contribution in [0, 0.1) is 12.7 Å². The molecule has 7 heteroatoms. The molecule has 0 radical (unpaired) electrons. The van der Waals surface area contributed by atoms with Gasteiger partial charge in [-0.15, -0.1) is 0 Å². The molecule has 1 aliphatic heterocycles. The van der Waals surface area contributed by atoms with E-state index in [1.54, 1.807) is 13.2 Å². The van der Waals surface area contributed by atoms with Crippen molar-refractivity contribution in [3.63, 3.8) is 0 Å². The summed E-state index contributed by atoms with van der Waals surface area (Å²) in [5, 5.41) is 1.16. The highest BCUT2D eigenvalue weighted by atomic mass is 79.9. The first-order valence-electron chi connectivity index (χ1n) is 12.4. The second-order valence-electron chi connectivity index (χ2n) is 9.42. The van der Waals surface area contributed by atoms with Crippen molar-refractivity contribution >= 4 is 44.3 Å². The molecule has 0 spiro atoms. The van der Waals surface area contributed by atoms with E-state index in [1.165, 1.54) is 11.6 Å². The Kier molecular flexibility index (Phi) is 8.90. The lowest BCUT2D eigenvalue weighted by Gasteiger charge is -2.34. The van der Waals surface area contributed by atoms with Crippen molar-refractivity contribution in [2.45, 2.75) is 57.9 Å². The zero-order chi connectivity index (χ0) is 24.9. The summed E-state index contributed by atoms with van der Waals surface area (Å²) < 4.78 is 23.4. The lowest BCUT2D eigenvalue weighted by Crippen LogP contribution is -2.39. The van der Waals surface area contributed by atoms with Crippen molar-refractivity contribution in [2.24, 2.45) is 0 Å². The topological polar surface area (TPSA) is 34.5 Å². The van der Waals surface area contributed by atoms with Crippen molar-refractivity contribution in [1.82, 2.24) is 9.47 Å². The number of halogens is 3. The van der Waals surface area contributed by atoms with Gasteiger partial charge in [0.1, 0.15) is 5.82 Å². The average Bonchev–Trinajstić information content (AvgIpc) is 3.16. The molecule has 1 saturated heterocycles. The van der Waals surface area contributed by atoms with Crippen LogP contribution in [0.1, 0.15) is 54.8 Å². The molecule has 4 nitrogen and oxygen atoms in total. The number of likely N-dealkylation sites (tertiary alicyclic amines) is 1. The van der Waals surface area contributed by atoms with Crippen LogP contribution in [-0.4, -0.2) is 42.2 Å². The summed E-state index contributed by atoms with van der Waals surface area (Å²) in [5.41, 5.74) is 4.04. The highest BCUT2D eigenvalue weighted by Gasteiger charge is 2.30. The quantitative estimate of drug-likeness (QED) is 0.257. The number of nitrogens with zero attached hydrogens (tertiary/aromatic N) is 2. The predicted molar refractivity (Wildman–Crippen MR) is 144 cm³/mol. The smallest absolute Gasteiger partial charge is 0.222 e. The first-order valence-corrected chi connectivity index (χ1v) is 13.6. The Labute approximate surface area is 220 Å². The van der Waals surface area contributed by atoms with Gasteiger partial charge >= 0.3 is 0 Å². The Morgan fingerprint density at radius 2 is 1.97 bits per heavy atom. The van der Waals surface area contributed by atoms with Gasteiger partial charge in [0.25, 0.3) is 0 Å². The third-order valence-electron chi connectivity index (χ3n) is 7.06. The minimum Gasteiger partial charge on any atom is -0.385 e. The Morgan fingerprint density at radius 3 is 2.71 bits per heavy atom. The van der Waals surface area contributed by atoms with E-state index in [-0.39, 0.29) is 17.6 Å². The third-order valence-corrected chi connectivity index (χ3v) is 7.89. The fourth-order valence-electron chi connectivity index (χ4n) is 5.42. The average molecular weight is 564 g/mol. The molecule has 0 bridgehead atoms. The van der Waals surface area contributed by atoms with Crippen LogP contribution in [0.5, 0.6) is 0 Å². The second kappa shape index (κ2) is 11.9. The van der Waals surface area contributed by atoms with Crippen molar-refractivity contribution in [2.75, 3.05) is 26.8 Å². The lowest BCUT2D eigenvalue weighted by molar-refractivity contribution is -0.132. The van der Waals surface area contributed by atoms with Gasteiger partial charge in [-0.05, 0) is 74.4 Å². The maximum atomic E-state index is 14.9. The number of carbonyl (C=O) groups excluding carboxylic acids is 1. The number of hydrogen-bond acceptors (Lipinski definition) is 2. The normalized spacial score (nSPS) is 16.3. The number of carbonyl (C=O) groups is 1. The van der Waals surface area contributed by atoms with E-state index in [0.717, 1.165) is 59.9 Å². The largest absolute Gasteiger partial charge is 0.385 e. The number of fused-ring (bicyclic) bond motifs is 1. The Bertz CT molecular complexity index is 1180. The molecule has 2 aromatic carbocycles. The van der Waals surface area contributed by atoms with Crippen LogP contribution >= 0.6 is 27.5 Å². The molecule has 1 amide bonds. The number of amides is 1. The van der Waals surface area contributed by atoms with Gasteiger partial charge < -0.3 is 14.2 Å². The molecule has 0 N–H and O–H groups in total. The minimum atomic E-state index is -0.245. The molecule has 0 saturated carbocycles. The minimum absolute atomic E-state index is 0.157. The van der Waals surface area contributed by atoms with E-state index in [9.17, 15) is 9.18 Å². The van der Waals surface area contributed by atoms with Crippen LogP contribution in [0.15, 0.2) is 40.9 Å². The Hall–Kier alpha value is -1.89. The number of piperidine rings is 1. The summed E-state index contributed by atoms with van der Waals surface area (Å²) in [6, 6.07) is 11.4. The number of rotatable bonds is 9. The molecular formula is C28H33BrClFN2O2. The molecule has 3 aromatic rings. The summed E-state index contributed by atoms with van der Waals surface area (Å²) >= 11 is 10.0. The van der Waals surface area contributed by atoms with Crippen LogP contribution in [0.4, 0.5) is 4.39 Å².